The number of carbonyl (C=O) groups is 1. The van der Waals surface area contributed by atoms with Crippen molar-refractivity contribution in [1.82, 2.24) is 9.78 Å². The molecule has 0 aromatic carbocycles. The van der Waals surface area contributed by atoms with Crippen LogP contribution >= 0.6 is 0 Å². The van der Waals surface area contributed by atoms with Gasteiger partial charge in [0, 0.05) is 18.7 Å². The van der Waals surface area contributed by atoms with Crippen LogP contribution in [0.4, 0.5) is 0 Å². The summed E-state index contributed by atoms with van der Waals surface area (Å²) in [5, 5.41) is 4.32. The molecule has 0 aliphatic heterocycles. The fourth-order valence-electron chi connectivity index (χ4n) is 1.42. The lowest BCUT2D eigenvalue weighted by Gasteiger charge is -2.12. The van der Waals surface area contributed by atoms with Crippen LogP contribution in [0.1, 0.15) is 70.2 Å². The highest BCUT2D eigenvalue weighted by Gasteiger charge is 2.12. The van der Waals surface area contributed by atoms with Crippen molar-refractivity contribution in [3.63, 3.8) is 0 Å². The number of hydrogen-bond donors (Lipinski definition) is 0. The molecule has 1 aromatic heterocycles. The van der Waals surface area contributed by atoms with Gasteiger partial charge in [-0.2, -0.15) is 5.10 Å². The number of Topliss-reactive ketones (excluding diaryl/α,β-unsaturated/α-hetero) is 1. The average Bonchev–Trinajstić information content (AvgIpc) is 2.74. The average molecular weight is 224 g/mol. The summed E-state index contributed by atoms with van der Waals surface area (Å²) >= 11 is 0. The molecule has 3 nitrogen and oxygen atoms in total. The predicted octanol–water partition coefficient (Wildman–Crippen LogP) is 3.65. The Morgan fingerprint density at radius 3 is 2.38 bits per heavy atom. The molecule has 0 fully saturated rings. The van der Waals surface area contributed by atoms with Crippen LogP contribution in [-0.4, -0.2) is 15.6 Å². The lowest BCUT2D eigenvalue weighted by molar-refractivity contribution is 0.101. The molecule has 0 N–H and O–H groups in total. The van der Waals surface area contributed by atoms with Gasteiger partial charge in [0.1, 0.15) is 5.69 Å². The molecule has 0 bridgehead atoms. The topological polar surface area (TPSA) is 34.9 Å². The van der Waals surface area contributed by atoms with Gasteiger partial charge in [0.25, 0.3) is 0 Å². The van der Waals surface area contributed by atoms with Crippen LogP contribution in [0.2, 0.25) is 0 Å². The summed E-state index contributed by atoms with van der Waals surface area (Å²) in [6.45, 7) is 11.9. The zero-order valence-corrected chi connectivity index (χ0v) is 11.4. The van der Waals surface area contributed by atoms with E-state index in [1.807, 2.05) is 24.6 Å². The monoisotopic (exact) mass is 224 g/mol. The van der Waals surface area contributed by atoms with Crippen molar-refractivity contribution in [2.24, 2.45) is 0 Å². The molecule has 1 rings (SSSR count). The molecule has 0 aliphatic rings. The SMILES string of the molecule is CC.CCc1cc(C(C)=O)nn1C(C)CC. The van der Waals surface area contributed by atoms with Crippen molar-refractivity contribution >= 4 is 5.78 Å². The zero-order valence-electron chi connectivity index (χ0n) is 11.4. The summed E-state index contributed by atoms with van der Waals surface area (Å²) in [5.74, 6) is 0.0433. The van der Waals surface area contributed by atoms with E-state index in [1.54, 1.807) is 6.92 Å². The van der Waals surface area contributed by atoms with Gasteiger partial charge in [-0.1, -0.05) is 27.7 Å². The zero-order chi connectivity index (χ0) is 12.7. The Labute approximate surface area is 98.9 Å². The summed E-state index contributed by atoms with van der Waals surface area (Å²) in [6.07, 6.45) is 1.96. The van der Waals surface area contributed by atoms with Crippen molar-refractivity contribution in [3.8, 4) is 0 Å². The Morgan fingerprint density at radius 1 is 1.44 bits per heavy atom. The van der Waals surface area contributed by atoms with E-state index in [1.165, 1.54) is 0 Å². The van der Waals surface area contributed by atoms with E-state index in [0.717, 1.165) is 18.5 Å². The second kappa shape index (κ2) is 7.20. The smallest absolute Gasteiger partial charge is 0.179 e. The molecule has 0 amide bonds. The van der Waals surface area contributed by atoms with Gasteiger partial charge in [0.05, 0.1) is 0 Å². The van der Waals surface area contributed by atoms with Crippen LogP contribution in [0.25, 0.3) is 0 Å². The third kappa shape index (κ3) is 3.47. The van der Waals surface area contributed by atoms with Crippen LogP contribution in [0.15, 0.2) is 6.07 Å². The summed E-state index contributed by atoms with van der Waals surface area (Å²) < 4.78 is 1.97. The van der Waals surface area contributed by atoms with E-state index < -0.39 is 0 Å². The number of ketones is 1. The number of hydrogen-bond acceptors (Lipinski definition) is 2. The van der Waals surface area contributed by atoms with Crippen molar-refractivity contribution in [1.29, 1.82) is 0 Å². The summed E-state index contributed by atoms with van der Waals surface area (Å²) in [7, 11) is 0. The van der Waals surface area contributed by atoms with E-state index in [-0.39, 0.29) is 5.78 Å². The first-order valence-corrected chi connectivity index (χ1v) is 6.19. The maximum atomic E-state index is 11.2. The highest BCUT2D eigenvalue weighted by atomic mass is 16.1. The summed E-state index contributed by atoms with van der Waals surface area (Å²) in [5.41, 5.74) is 1.73. The third-order valence-electron chi connectivity index (χ3n) is 2.54. The molecule has 0 spiro atoms. The van der Waals surface area contributed by atoms with Crippen molar-refractivity contribution in [2.45, 2.75) is 60.4 Å². The standard InChI is InChI=1S/C11H18N2O.C2H6/c1-5-8(3)13-10(6-2)7-11(12-13)9(4)14;1-2/h7-8H,5-6H2,1-4H3;1-2H3. The molecular weight excluding hydrogens is 200 g/mol. The van der Waals surface area contributed by atoms with E-state index in [2.05, 4.69) is 25.9 Å². The van der Waals surface area contributed by atoms with E-state index in [0.29, 0.717) is 11.7 Å². The molecule has 1 aromatic rings. The normalized spacial score (nSPS) is 11.6. The van der Waals surface area contributed by atoms with Gasteiger partial charge in [-0.3, -0.25) is 9.48 Å². The van der Waals surface area contributed by atoms with Gasteiger partial charge in [-0.15, -0.1) is 0 Å². The quantitative estimate of drug-likeness (QED) is 0.732. The highest BCUT2D eigenvalue weighted by Crippen LogP contribution is 2.15. The first kappa shape index (κ1) is 14.9. The fourth-order valence-corrected chi connectivity index (χ4v) is 1.42. The molecule has 1 unspecified atom stereocenters. The number of carbonyl (C=O) groups excluding carboxylic acids is 1. The van der Waals surface area contributed by atoms with E-state index in [4.69, 9.17) is 0 Å². The van der Waals surface area contributed by atoms with Gasteiger partial charge in [0.15, 0.2) is 5.78 Å². The molecule has 1 atom stereocenters. The molecular formula is C13H24N2O. The van der Waals surface area contributed by atoms with Crippen LogP contribution in [0, 0.1) is 0 Å². The van der Waals surface area contributed by atoms with Gasteiger partial charge >= 0.3 is 0 Å². The van der Waals surface area contributed by atoms with Crippen LogP contribution in [0.5, 0.6) is 0 Å². The van der Waals surface area contributed by atoms with E-state index >= 15 is 0 Å². The molecule has 0 saturated carbocycles. The molecule has 92 valence electrons. The molecule has 16 heavy (non-hydrogen) atoms. The van der Waals surface area contributed by atoms with E-state index in [9.17, 15) is 4.79 Å². The molecule has 0 radical (unpaired) electrons. The molecule has 0 aliphatic carbocycles. The van der Waals surface area contributed by atoms with Gasteiger partial charge < -0.3 is 0 Å². The maximum Gasteiger partial charge on any atom is 0.179 e. The van der Waals surface area contributed by atoms with Crippen molar-refractivity contribution in [2.75, 3.05) is 0 Å². The highest BCUT2D eigenvalue weighted by molar-refractivity contribution is 5.92. The predicted molar refractivity (Wildman–Crippen MR) is 68.0 cm³/mol. The van der Waals surface area contributed by atoms with Crippen LogP contribution in [-0.2, 0) is 6.42 Å². The van der Waals surface area contributed by atoms with Gasteiger partial charge in [-0.25, -0.2) is 0 Å². The lowest BCUT2D eigenvalue weighted by atomic mass is 10.2. The summed E-state index contributed by atoms with van der Waals surface area (Å²) in [6, 6.07) is 2.27. The van der Waals surface area contributed by atoms with Gasteiger partial charge in [0.2, 0.25) is 0 Å². The first-order chi connectivity index (χ1) is 7.60. The molecule has 3 heteroatoms. The Kier molecular flexibility index (Phi) is 6.70. The second-order valence-electron chi connectivity index (χ2n) is 3.63. The molecule has 0 saturated heterocycles. The Hall–Kier alpha value is -1.12. The Balaban J connectivity index is 0.00000106. The largest absolute Gasteiger partial charge is 0.293 e. The summed E-state index contributed by atoms with van der Waals surface area (Å²) in [4.78, 5) is 11.2. The number of rotatable bonds is 4. The number of aromatic nitrogens is 2. The Morgan fingerprint density at radius 2 is 2.00 bits per heavy atom. The molecule has 1 heterocycles. The third-order valence-corrected chi connectivity index (χ3v) is 2.54. The second-order valence-corrected chi connectivity index (χ2v) is 3.63. The Bertz CT molecular complexity index is 329. The lowest BCUT2D eigenvalue weighted by Crippen LogP contribution is -2.09. The van der Waals surface area contributed by atoms with Gasteiger partial charge in [-0.05, 0) is 25.8 Å². The van der Waals surface area contributed by atoms with Crippen molar-refractivity contribution in [3.05, 3.63) is 17.5 Å². The fraction of sp³-hybridized carbons (Fsp3) is 0.692. The minimum atomic E-state index is 0.0433. The number of aryl methyl sites for hydroxylation is 1. The maximum absolute atomic E-state index is 11.2. The minimum absolute atomic E-state index is 0.0433. The van der Waals surface area contributed by atoms with Crippen molar-refractivity contribution < 1.29 is 4.79 Å². The van der Waals surface area contributed by atoms with Crippen LogP contribution in [0.3, 0.4) is 0 Å². The number of nitrogens with zero attached hydrogens (tertiary/aromatic N) is 2. The van der Waals surface area contributed by atoms with Crippen LogP contribution < -0.4 is 0 Å². The minimum Gasteiger partial charge on any atom is -0.293 e. The first-order valence-electron chi connectivity index (χ1n) is 6.19.